The monoisotopic (exact) mass is 425 g/mol. The summed E-state index contributed by atoms with van der Waals surface area (Å²) in [5.74, 6) is 0.481. The normalized spacial score (nSPS) is 20.6. The second-order valence-electron chi connectivity index (χ2n) is 7.41. The van der Waals surface area contributed by atoms with Crippen molar-refractivity contribution in [2.24, 2.45) is 4.99 Å². The summed E-state index contributed by atoms with van der Waals surface area (Å²) in [6.07, 6.45) is 1.57. The number of nitrogens with one attached hydrogen (secondary N) is 1. The fourth-order valence-corrected chi connectivity index (χ4v) is 4.12. The molecule has 0 atom stereocenters. The van der Waals surface area contributed by atoms with Gasteiger partial charge in [-0.2, -0.15) is 0 Å². The van der Waals surface area contributed by atoms with E-state index in [1.54, 1.807) is 0 Å². The lowest BCUT2D eigenvalue weighted by molar-refractivity contribution is -0.143. The molecule has 0 aromatic carbocycles. The van der Waals surface area contributed by atoms with Crippen LogP contribution in [0.15, 0.2) is 27.1 Å². The zero-order valence-corrected chi connectivity index (χ0v) is 18.4. The minimum Gasteiger partial charge on any atom is -0.465 e. The van der Waals surface area contributed by atoms with Crippen LogP contribution in [0.5, 0.6) is 0 Å². The van der Waals surface area contributed by atoms with Gasteiger partial charge in [0.15, 0.2) is 5.84 Å². The fourth-order valence-electron chi connectivity index (χ4n) is 3.84. The predicted molar refractivity (Wildman–Crippen MR) is 113 cm³/mol. The van der Waals surface area contributed by atoms with Crippen molar-refractivity contribution in [2.45, 2.75) is 26.7 Å². The number of amidine groups is 1. The Morgan fingerprint density at radius 3 is 2.76 bits per heavy atom. The van der Waals surface area contributed by atoms with Crippen LogP contribution in [0.2, 0.25) is 0 Å². The minimum absolute atomic E-state index is 0.160. The van der Waals surface area contributed by atoms with Crippen LogP contribution in [0.4, 0.5) is 0 Å². The van der Waals surface area contributed by atoms with Crippen LogP contribution in [0.25, 0.3) is 0 Å². The lowest BCUT2D eigenvalue weighted by Crippen LogP contribution is -2.40. The average molecular weight is 426 g/mol. The smallest absolute Gasteiger partial charge is 0.325 e. The molecule has 0 radical (unpaired) electrons. The van der Waals surface area contributed by atoms with Gasteiger partial charge >= 0.3 is 5.97 Å². The van der Waals surface area contributed by atoms with Crippen LogP contribution in [-0.2, 0) is 14.3 Å². The average Bonchev–Trinajstić information content (AvgIpc) is 2.91. The highest BCUT2D eigenvalue weighted by Gasteiger charge is 2.34. The summed E-state index contributed by atoms with van der Waals surface area (Å²) in [5, 5.41) is 4.16. The second kappa shape index (κ2) is 10.3. The Hall–Kier alpha value is -1.77. The van der Waals surface area contributed by atoms with E-state index in [-0.39, 0.29) is 12.5 Å². The van der Waals surface area contributed by atoms with Crippen LogP contribution >= 0.6 is 11.6 Å². The van der Waals surface area contributed by atoms with Gasteiger partial charge in [0.1, 0.15) is 17.4 Å². The fraction of sp³-hybridized carbons (Fsp3) is 0.700. The number of morpholine rings is 1. The van der Waals surface area contributed by atoms with Crippen molar-refractivity contribution < 1.29 is 14.3 Å². The van der Waals surface area contributed by atoms with Crippen LogP contribution in [0, 0.1) is 0 Å². The number of carbonyl (C=O) groups excluding carboxylic acids is 1. The molecule has 8 nitrogen and oxygen atoms in total. The molecule has 0 aliphatic carbocycles. The van der Waals surface area contributed by atoms with E-state index in [9.17, 15) is 4.79 Å². The van der Waals surface area contributed by atoms with Crippen molar-refractivity contribution in [1.29, 1.82) is 0 Å². The van der Waals surface area contributed by atoms with Crippen molar-refractivity contribution in [3.05, 3.63) is 22.1 Å². The lowest BCUT2D eigenvalue weighted by Gasteiger charge is -2.27. The van der Waals surface area contributed by atoms with Gasteiger partial charge in [-0.1, -0.05) is 18.5 Å². The van der Waals surface area contributed by atoms with Crippen LogP contribution < -0.4 is 5.32 Å². The first-order chi connectivity index (χ1) is 14.0. The SMILES string of the molecule is CCOC(=O)CN1CN(C)C2=C(NCCN3CCOCC3)CC(CC)=C(Cl)N=C21. The maximum absolute atomic E-state index is 12.1. The molecule has 1 N–H and O–H groups in total. The number of aliphatic imine (C=N–C) groups is 1. The number of allylic oxidation sites excluding steroid dienone is 1. The number of rotatable bonds is 8. The highest BCUT2D eigenvalue weighted by molar-refractivity contribution is 6.31. The molecular weight excluding hydrogens is 394 g/mol. The molecule has 3 aliphatic heterocycles. The quantitative estimate of drug-likeness (QED) is 0.467. The Balaban J connectivity index is 1.78. The van der Waals surface area contributed by atoms with Crippen molar-refractivity contribution in [3.63, 3.8) is 0 Å². The van der Waals surface area contributed by atoms with Gasteiger partial charge in [-0.25, -0.2) is 4.99 Å². The van der Waals surface area contributed by atoms with Gasteiger partial charge in [0.2, 0.25) is 0 Å². The molecule has 2 saturated heterocycles. The van der Waals surface area contributed by atoms with Gasteiger partial charge in [0.05, 0.1) is 26.5 Å². The zero-order valence-electron chi connectivity index (χ0n) is 17.7. The molecule has 2 fully saturated rings. The highest BCUT2D eigenvalue weighted by atomic mass is 35.5. The maximum Gasteiger partial charge on any atom is 0.325 e. The van der Waals surface area contributed by atoms with Gasteiger partial charge < -0.3 is 24.6 Å². The first-order valence-electron chi connectivity index (χ1n) is 10.4. The molecule has 9 heteroatoms. The number of nitrogens with zero attached hydrogens (tertiary/aromatic N) is 4. The number of halogens is 1. The van der Waals surface area contributed by atoms with E-state index >= 15 is 0 Å². The Kier molecular flexibility index (Phi) is 7.80. The molecule has 0 aromatic rings. The van der Waals surface area contributed by atoms with Gasteiger partial charge in [-0.15, -0.1) is 0 Å². The van der Waals surface area contributed by atoms with E-state index in [0.717, 1.165) is 75.0 Å². The third-order valence-corrected chi connectivity index (χ3v) is 5.72. The highest BCUT2D eigenvalue weighted by Crippen LogP contribution is 2.32. The largest absolute Gasteiger partial charge is 0.465 e. The Bertz CT molecular complexity index is 700. The van der Waals surface area contributed by atoms with Crippen LogP contribution in [0.1, 0.15) is 26.7 Å². The summed E-state index contributed by atoms with van der Waals surface area (Å²) in [7, 11) is 2.02. The molecule has 3 aliphatic rings. The van der Waals surface area contributed by atoms with E-state index in [2.05, 4.69) is 22.0 Å². The Labute approximate surface area is 178 Å². The molecular formula is C20H32ClN5O3. The lowest BCUT2D eigenvalue weighted by atomic mass is 10.1. The summed E-state index contributed by atoms with van der Waals surface area (Å²) in [6.45, 7) is 10.4. The molecule has 0 aromatic heterocycles. The van der Waals surface area contributed by atoms with Gasteiger partial charge in [0.25, 0.3) is 0 Å². The van der Waals surface area contributed by atoms with Crippen molar-refractivity contribution in [2.75, 3.05) is 66.3 Å². The molecule has 29 heavy (non-hydrogen) atoms. The molecule has 162 valence electrons. The maximum atomic E-state index is 12.1. The molecule has 0 unspecified atom stereocenters. The van der Waals surface area contributed by atoms with Gasteiger partial charge in [-0.3, -0.25) is 9.69 Å². The van der Waals surface area contributed by atoms with Crippen molar-refractivity contribution in [1.82, 2.24) is 20.0 Å². The third kappa shape index (κ3) is 5.43. The number of carbonyl (C=O) groups is 1. The molecule has 0 bridgehead atoms. The number of esters is 1. The number of likely N-dealkylation sites (N-methyl/N-ethyl adjacent to an activating group) is 1. The Morgan fingerprint density at radius 2 is 2.07 bits per heavy atom. The topological polar surface area (TPSA) is 69.6 Å². The predicted octanol–water partition coefficient (Wildman–Crippen LogP) is 1.55. The second-order valence-corrected chi connectivity index (χ2v) is 7.77. The summed E-state index contributed by atoms with van der Waals surface area (Å²) in [4.78, 5) is 23.2. The minimum atomic E-state index is -0.258. The number of hydrogen-bond acceptors (Lipinski definition) is 8. The first-order valence-corrected chi connectivity index (χ1v) is 10.8. The number of hydrogen-bond donors (Lipinski definition) is 1. The van der Waals surface area contributed by atoms with E-state index < -0.39 is 0 Å². The standard InChI is InChI=1S/C20H32ClN5O3/c1-4-15-12-16(22-6-7-25-8-10-28-11-9-25)18-20(23-19(15)21)26(14-24(18)3)13-17(27)29-5-2/h22H,4-14H2,1-3H3. The zero-order chi connectivity index (χ0) is 20.8. The van der Waals surface area contributed by atoms with E-state index in [0.29, 0.717) is 18.4 Å². The molecule has 0 saturated carbocycles. The van der Waals surface area contributed by atoms with Crippen LogP contribution in [0.3, 0.4) is 0 Å². The first kappa shape index (κ1) is 21.9. The van der Waals surface area contributed by atoms with Crippen molar-refractivity contribution in [3.8, 4) is 0 Å². The number of ether oxygens (including phenoxy) is 2. The number of fused-ring (bicyclic) bond motifs is 1. The molecule has 0 amide bonds. The third-order valence-electron chi connectivity index (χ3n) is 5.37. The molecule has 0 spiro atoms. The summed E-state index contributed by atoms with van der Waals surface area (Å²) >= 11 is 6.54. The van der Waals surface area contributed by atoms with Gasteiger partial charge in [-0.05, 0) is 18.9 Å². The summed E-state index contributed by atoms with van der Waals surface area (Å²) < 4.78 is 10.6. The summed E-state index contributed by atoms with van der Waals surface area (Å²) in [5.41, 5.74) is 3.22. The Morgan fingerprint density at radius 1 is 1.31 bits per heavy atom. The van der Waals surface area contributed by atoms with Gasteiger partial charge in [0, 0.05) is 45.3 Å². The van der Waals surface area contributed by atoms with E-state index in [4.69, 9.17) is 26.1 Å². The van der Waals surface area contributed by atoms with Crippen LogP contribution in [-0.4, -0.2) is 92.8 Å². The van der Waals surface area contributed by atoms with E-state index in [1.165, 1.54) is 0 Å². The summed E-state index contributed by atoms with van der Waals surface area (Å²) in [6, 6.07) is 0. The van der Waals surface area contributed by atoms with E-state index in [1.807, 2.05) is 18.9 Å². The van der Waals surface area contributed by atoms with Crippen molar-refractivity contribution >= 4 is 23.4 Å². The molecule has 3 heterocycles. The molecule has 3 rings (SSSR count).